The van der Waals surface area contributed by atoms with Crippen molar-refractivity contribution in [1.82, 2.24) is 9.78 Å². The zero-order valence-corrected chi connectivity index (χ0v) is 8.44. The topological polar surface area (TPSA) is 43.8 Å². The highest BCUT2D eigenvalue weighted by atomic mass is 19.1. The Balaban J connectivity index is 2.25. The van der Waals surface area contributed by atoms with E-state index in [0.29, 0.717) is 17.9 Å². The van der Waals surface area contributed by atoms with Crippen molar-refractivity contribution >= 4 is 5.82 Å². The summed E-state index contributed by atoms with van der Waals surface area (Å²) in [4.78, 5) is 0. The van der Waals surface area contributed by atoms with Crippen molar-refractivity contribution in [2.24, 2.45) is 0 Å². The molecule has 0 spiro atoms. The molecule has 0 aliphatic carbocycles. The molecule has 15 heavy (non-hydrogen) atoms. The molecule has 0 aliphatic rings. The monoisotopic (exact) mass is 205 g/mol. The van der Waals surface area contributed by atoms with Crippen LogP contribution in [-0.2, 0) is 6.54 Å². The van der Waals surface area contributed by atoms with Crippen LogP contribution >= 0.6 is 0 Å². The fourth-order valence-corrected chi connectivity index (χ4v) is 1.45. The maximum absolute atomic E-state index is 13.0. The van der Waals surface area contributed by atoms with Gasteiger partial charge >= 0.3 is 0 Å². The van der Waals surface area contributed by atoms with Crippen LogP contribution in [0.15, 0.2) is 30.5 Å². The first-order chi connectivity index (χ1) is 7.16. The molecule has 0 amide bonds. The molecular formula is C11H12FN3. The summed E-state index contributed by atoms with van der Waals surface area (Å²) in [7, 11) is 0. The van der Waals surface area contributed by atoms with Gasteiger partial charge in [-0.15, -0.1) is 0 Å². The van der Waals surface area contributed by atoms with Crippen molar-refractivity contribution in [3.63, 3.8) is 0 Å². The molecule has 0 bridgehead atoms. The third-order valence-electron chi connectivity index (χ3n) is 2.30. The molecular weight excluding hydrogens is 193 g/mol. The molecule has 2 aromatic rings. The van der Waals surface area contributed by atoms with Crippen molar-refractivity contribution in [1.29, 1.82) is 0 Å². The molecule has 2 rings (SSSR count). The summed E-state index contributed by atoms with van der Waals surface area (Å²) in [6.45, 7) is 2.31. The van der Waals surface area contributed by atoms with Crippen LogP contribution in [0.25, 0.3) is 0 Å². The Bertz CT molecular complexity index is 476. The summed E-state index contributed by atoms with van der Waals surface area (Å²) in [6, 6.07) is 6.74. The highest BCUT2D eigenvalue weighted by molar-refractivity contribution is 5.29. The average Bonchev–Trinajstić information content (AvgIpc) is 2.59. The van der Waals surface area contributed by atoms with Crippen molar-refractivity contribution in [2.75, 3.05) is 5.73 Å². The number of hydrogen-bond donors (Lipinski definition) is 1. The first-order valence-corrected chi connectivity index (χ1v) is 4.69. The van der Waals surface area contributed by atoms with Crippen LogP contribution in [0.1, 0.15) is 11.1 Å². The Morgan fingerprint density at radius 2 is 2.20 bits per heavy atom. The van der Waals surface area contributed by atoms with Crippen molar-refractivity contribution in [2.45, 2.75) is 13.5 Å². The SMILES string of the molecule is Cc1cc(Cn2nccc2N)ccc1F. The Hall–Kier alpha value is -1.84. The number of aromatic nitrogens is 2. The molecule has 0 aliphatic heterocycles. The van der Waals surface area contributed by atoms with Crippen LogP contribution in [0.4, 0.5) is 10.2 Å². The summed E-state index contributed by atoms with van der Waals surface area (Å²) in [5, 5.41) is 4.06. The van der Waals surface area contributed by atoms with Gasteiger partial charge in [0.15, 0.2) is 0 Å². The standard InChI is InChI=1S/C11H12FN3/c1-8-6-9(2-3-10(8)12)7-15-11(13)4-5-14-15/h2-6H,7,13H2,1H3. The van der Waals surface area contributed by atoms with E-state index in [0.717, 1.165) is 5.56 Å². The van der Waals surface area contributed by atoms with Crippen LogP contribution in [0.2, 0.25) is 0 Å². The van der Waals surface area contributed by atoms with E-state index < -0.39 is 0 Å². The van der Waals surface area contributed by atoms with Crippen molar-refractivity contribution in [3.8, 4) is 0 Å². The lowest BCUT2D eigenvalue weighted by Gasteiger charge is -2.05. The van der Waals surface area contributed by atoms with Gasteiger partial charge in [-0.1, -0.05) is 12.1 Å². The van der Waals surface area contributed by atoms with Crippen molar-refractivity contribution < 1.29 is 4.39 Å². The predicted octanol–water partition coefficient (Wildman–Crippen LogP) is 1.96. The average molecular weight is 205 g/mol. The van der Waals surface area contributed by atoms with Crippen LogP contribution in [-0.4, -0.2) is 9.78 Å². The van der Waals surface area contributed by atoms with Crippen LogP contribution in [0, 0.1) is 12.7 Å². The van der Waals surface area contributed by atoms with Gasteiger partial charge in [0, 0.05) is 0 Å². The molecule has 1 aromatic heterocycles. The summed E-state index contributed by atoms with van der Waals surface area (Å²) in [5.74, 6) is 0.421. The lowest BCUT2D eigenvalue weighted by molar-refractivity contribution is 0.615. The molecule has 3 nitrogen and oxygen atoms in total. The van der Waals surface area contributed by atoms with Gasteiger partial charge in [0.1, 0.15) is 11.6 Å². The highest BCUT2D eigenvalue weighted by Gasteiger charge is 2.02. The van der Waals surface area contributed by atoms with E-state index in [1.807, 2.05) is 0 Å². The molecule has 0 atom stereocenters. The zero-order valence-electron chi connectivity index (χ0n) is 8.44. The second-order valence-corrected chi connectivity index (χ2v) is 3.50. The molecule has 0 radical (unpaired) electrons. The lowest BCUT2D eigenvalue weighted by atomic mass is 10.1. The number of nitrogens with zero attached hydrogens (tertiary/aromatic N) is 2. The second kappa shape index (κ2) is 3.73. The molecule has 0 saturated carbocycles. The molecule has 78 valence electrons. The van der Waals surface area contributed by atoms with Gasteiger partial charge in [-0.2, -0.15) is 5.10 Å². The third kappa shape index (κ3) is 1.98. The quantitative estimate of drug-likeness (QED) is 0.814. The molecule has 1 aromatic carbocycles. The number of nitrogen functional groups attached to an aromatic ring is 1. The summed E-state index contributed by atoms with van der Waals surface area (Å²) < 4.78 is 14.7. The summed E-state index contributed by atoms with van der Waals surface area (Å²) >= 11 is 0. The third-order valence-corrected chi connectivity index (χ3v) is 2.30. The second-order valence-electron chi connectivity index (χ2n) is 3.50. The van der Waals surface area contributed by atoms with Gasteiger partial charge < -0.3 is 5.73 Å². The number of anilines is 1. The number of halogens is 1. The molecule has 4 heteroatoms. The zero-order chi connectivity index (χ0) is 10.8. The Morgan fingerprint density at radius 1 is 1.40 bits per heavy atom. The van der Waals surface area contributed by atoms with E-state index in [1.165, 1.54) is 6.07 Å². The maximum atomic E-state index is 13.0. The van der Waals surface area contributed by atoms with Crippen LogP contribution in [0.3, 0.4) is 0 Å². The smallest absolute Gasteiger partial charge is 0.126 e. The summed E-state index contributed by atoms with van der Waals surface area (Å²) in [5.41, 5.74) is 7.31. The molecule has 0 fully saturated rings. The first kappa shape index (κ1) is 9.71. The minimum atomic E-state index is -0.188. The number of nitrogens with two attached hydrogens (primary N) is 1. The maximum Gasteiger partial charge on any atom is 0.126 e. The van der Waals surface area contributed by atoms with E-state index in [1.54, 1.807) is 36.0 Å². The van der Waals surface area contributed by atoms with Gasteiger partial charge in [-0.3, -0.25) is 0 Å². The Kier molecular flexibility index (Phi) is 2.41. The predicted molar refractivity (Wildman–Crippen MR) is 56.9 cm³/mol. The van der Waals surface area contributed by atoms with Gasteiger partial charge in [0.05, 0.1) is 12.7 Å². The molecule has 2 N–H and O–H groups in total. The van der Waals surface area contributed by atoms with Crippen LogP contribution in [0.5, 0.6) is 0 Å². The van der Waals surface area contributed by atoms with E-state index in [4.69, 9.17) is 5.73 Å². The highest BCUT2D eigenvalue weighted by Crippen LogP contribution is 2.11. The Morgan fingerprint density at radius 3 is 2.80 bits per heavy atom. The number of benzene rings is 1. The minimum Gasteiger partial charge on any atom is -0.384 e. The fraction of sp³-hybridized carbons (Fsp3) is 0.182. The van der Waals surface area contributed by atoms with Gasteiger partial charge in [-0.05, 0) is 30.2 Å². The van der Waals surface area contributed by atoms with E-state index in [-0.39, 0.29) is 5.82 Å². The largest absolute Gasteiger partial charge is 0.384 e. The van der Waals surface area contributed by atoms with Gasteiger partial charge in [0.2, 0.25) is 0 Å². The first-order valence-electron chi connectivity index (χ1n) is 4.69. The van der Waals surface area contributed by atoms with Gasteiger partial charge in [0.25, 0.3) is 0 Å². The number of aryl methyl sites for hydroxylation is 1. The van der Waals surface area contributed by atoms with E-state index >= 15 is 0 Å². The molecule has 0 saturated heterocycles. The van der Waals surface area contributed by atoms with Crippen molar-refractivity contribution in [3.05, 3.63) is 47.4 Å². The number of rotatable bonds is 2. The lowest BCUT2D eigenvalue weighted by Crippen LogP contribution is -2.05. The Labute approximate surface area is 87.3 Å². The van der Waals surface area contributed by atoms with E-state index in [2.05, 4.69) is 5.10 Å². The number of hydrogen-bond acceptors (Lipinski definition) is 2. The normalized spacial score (nSPS) is 10.5. The van der Waals surface area contributed by atoms with Crippen LogP contribution < -0.4 is 5.73 Å². The fourth-order valence-electron chi connectivity index (χ4n) is 1.45. The molecule has 1 heterocycles. The summed E-state index contributed by atoms with van der Waals surface area (Å²) in [6.07, 6.45) is 1.64. The van der Waals surface area contributed by atoms with E-state index in [9.17, 15) is 4.39 Å². The molecule has 0 unspecified atom stereocenters. The minimum absolute atomic E-state index is 0.188. The van der Waals surface area contributed by atoms with Gasteiger partial charge in [-0.25, -0.2) is 9.07 Å².